The molecule has 3 nitrogen and oxygen atoms in total. The van der Waals surface area contributed by atoms with Crippen molar-refractivity contribution < 1.29 is 4.42 Å². The number of nitrogens with one attached hydrogen (secondary N) is 1. The van der Waals surface area contributed by atoms with E-state index in [0.29, 0.717) is 6.04 Å². The van der Waals surface area contributed by atoms with E-state index < -0.39 is 0 Å². The van der Waals surface area contributed by atoms with E-state index in [2.05, 4.69) is 42.3 Å². The number of hydrogen-bond acceptors (Lipinski definition) is 3. The van der Waals surface area contributed by atoms with Gasteiger partial charge in [-0.25, -0.2) is 4.98 Å². The number of hydrogen-bond donors (Lipinski definition) is 1. The van der Waals surface area contributed by atoms with E-state index in [-0.39, 0.29) is 0 Å². The van der Waals surface area contributed by atoms with Crippen LogP contribution in [0.1, 0.15) is 37.1 Å². The second-order valence-corrected chi connectivity index (χ2v) is 5.52. The molecule has 1 aromatic carbocycles. The first-order chi connectivity index (χ1) is 9.22. The molecule has 0 saturated heterocycles. The van der Waals surface area contributed by atoms with Crippen LogP contribution in [-0.4, -0.2) is 11.0 Å². The Bertz CT molecular complexity index is 572. The van der Waals surface area contributed by atoms with E-state index in [1.165, 1.54) is 30.4 Å². The average Bonchev–Trinajstić information content (AvgIpc) is 3.04. The first-order valence-electron chi connectivity index (χ1n) is 7.02. The summed E-state index contributed by atoms with van der Waals surface area (Å²) >= 11 is 0. The van der Waals surface area contributed by atoms with Crippen molar-refractivity contribution in [3.05, 3.63) is 41.3 Å². The highest BCUT2D eigenvalue weighted by atomic mass is 16.3. The van der Waals surface area contributed by atoms with Crippen LogP contribution in [0.2, 0.25) is 0 Å². The molecule has 3 heteroatoms. The Morgan fingerprint density at radius 1 is 1.26 bits per heavy atom. The predicted octanol–water partition coefficient (Wildman–Crippen LogP) is 3.33. The van der Waals surface area contributed by atoms with Crippen LogP contribution >= 0.6 is 0 Å². The molecule has 1 aromatic heterocycles. The Balaban J connectivity index is 1.79. The van der Waals surface area contributed by atoms with Crippen molar-refractivity contribution in [3.63, 3.8) is 0 Å². The van der Waals surface area contributed by atoms with Crippen molar-refractivity contribution in [2.24, 2.45) is 0 Å². The third kappa shape index (κ3) is 2.71. The molecule has 0 fully saturated rings. The van der Waals surface area contributed by atoms with E-state index >= 15 is 0 Å². The van der Waals surface area contributed by atoms with Crippen molar-refractivity contribution in [1.29, 1.82) is 0 Å². The lowest BCUT2D eigenvalue weighted by atomic mass is 10.1. The van der Waals surface area contributed by atoms with Crippen LogP contribution in [0.5, 0.6) is 0 Å². The van der Waals surface area contributed by atoms with Gasteiger partial charge in [-0.15, -0.1) is 0 Å². The first-order valence-corrected chi connectivity index (χ1v) is 7.02. The molecule has 1 aliphatic rings. The summed E-state index contributed by atoms with van der Waals surface area (Å²) in [6, 6.07) is 7.03. The quantitative estimate of drug-likeness (QED) is 0.911. The van der Waals surface area contributed by atoms with Crippen molar-refractivity contribution in [1.82, 2.24) is 10.3 Å². The summed E-state index contributed by atoms with van der Waals surface area (Å²) < 4.78 is 5.59. The summed E-state index contributed by atoms with van der Waals surface area (Å²) in [5.74, 6) is 0.732. The Kier molecular flexibility index (Phi) is 3.38. The van der Waals surface area contributed by atoms with Crippen LogP contribution in [0.25, 0.3) is 11.5 Å². The van der Waals surface area contributed by atoms with E-state index in [1.54, 1.807) is 6.26 Å². The SMILES string of the molecule is CC(C)NCc1coc(-c2ccc3c(c2)CCC3)n1. The zero-order chi connectivity index (χ0) is 13.2. The topological polar surface area (TPSA) is 38.1 Å². The molecule has 1 aliphatic carbocycles. The summed E-state index contributed by atoms with van der Waals surface area (Å²) in [5.41, 5.74) is 5.00. The van der Waals surface area contributed by atoms with Gasteiger partial charge in [-0.05, 0) is 42.5 Å². The van der Waals surface area contributed by atoms with Crippen LogP contribution in [-0.2, 0) is 19.4 Å². The molecule has 0 unspecified atom stereocenters. The zero-order valence-corrected chi connectivity index (χ0v) is 11.6. The maximum atomic E-state index is 5.59. The van der Waals surface area contributed by atoms with Gasteiger partial charge in [0, 0.05) is 18.2 Å². The number of aryl methyl sites for hydroxylation is 2. The summed E-state index contributed by atoms with van der Waals surface area (Å²) in [4.78, 5) is 4.55. The van der Waals surface area contributed by atoms with E-state index in [9.17, 15) is 0 Å². The zero-order valence-electron chi connectivity index (χ0n) is 11.6. The average molecular weight is 256 g/mol. The van der Waals surface area contributed by atoms with Crippen LogP contribution in [0, 0.1) is 0 Å². The number of fused-ring (bicyclic) bond motifs is 1. The highest BCUT2D eigenvalue weighted by Gasteiger charge is 2.13. The molecule has 1 heterocycles. The minimum absolute atomic E-state index is 0.458. The van der Waals surface area contributed by atoms with Gasteiger partial charge in [-0.3, -0.25) is 0 Å². The molecule has 0 amide bonds. The molecule has 0 saturated carbocycles. The van der Waals surface area contributed by atoms with Crippen LogP contribution < -0.4 is 5.32 Å². The third-order valence-corrected chi connectivity index (χ3v) is 3.59. The van der Waals surface area contributed by atoms with Gasteiger partial charge in [0.2, 0.25) is 5.89 Å². The minimum atomic E-state index is 0.458. The smallest absolute Gasteiger partial charge is 0.226 e. The number of aromatic nitrogens is 1. The highest BCUT2D eigenvalue weighted by molar-refractivity contribution is 5.56. The van der Waals surface area contributed by atoms with Crippen LogP contribution in [0.15, 0.2) is 28.9 Å². The Morgan fingerprint density at radius 2 is 2.11 bits per heavy atom. The summed E-state index contributed by atoms with van der Waals surface area (Å²) in [6.07, 6.45) is 5.42. The maximum Gasteiger partial charge on any atom is 0.226 e. The van der Waals surface area contributed by atoms with Gasteiger partial charge >= 0.3 is 0 Å². The fourth-order valence-corrected chi connectivity index (χ4v) is 2.53. The van der Waals surface area contributed by atoms with E-state index in [1.807, 2.05) is 0 Å². The fraction of sp³-hybridized carbons (Fsp3) is 0.438. The lowest BCUT2D eigenvalue weighted by molar-refractivity contribution is 0.560. The van der Waals surface area contributed by atoms with Gasteiger partial charge in [-0.2, -0.15) is 0 Å². The lowest BCUT2D eigenvalue weighted by Gasteiger charge is -2.04. The summed E-state index contributed by atoms with van der Waals surface area (Å²) in [5, 5.41) is 3.35. The van der Waals surface area contributed by atoms with Crippen molar-refractivity contribution in [2.45, 2.75) is 45.7 Å². The van der Waals surface area contributed by atoms with Crippen LogP contribution in [0.3, 0.4) is 0 Å². The van der Waals surface area contributed by atoms with Gasteiger partial charge in [-0.1, -0.05) is 19.9 Å². The normalized spacial score (nSPS) is 14.1. The minimum Gasteiger partial charge on any atom is -0.444 e. The van der Waals surface area contributed by atoms with Gasteiger partial charge in [0.25, 0.3) is 0 Å². The van der Waals surface area contributed by atoms with Crippen molar-refractivity contribution in [3.8, 4) is 11.5 Å². The fourth-order valence-electron chi connectivity index (χ4n) is 2.53. The standard InChI is InChI=1S/C16H20N2O/c1-11(2)17-9-15-10-19-16(18-15)14-7-6-12-4-3-5-13(12)8-14/h6-8,10-11,17H,3-5,9H2,1-2H3. The number of rotatable bonds is 4. The van der Waals surface area contributed by atoms with Gasteiger partial charge < -0.3 is 9.73 Å². The molecule has 1 N–H and O–H groups in total. The molecule has 0 spiro atoms. The molecular weight excluding hydrogens is 236 g/mol. The highest BCUT2D eigenvalue weighted by Crippen LogP contribution is 2.27. The van der Waals surface area contributed by atoms with E-state index in [0.717, 1.165) is 23.7 Å². The second-order valence-electron chi connectivity index (χ2n) is 5.52. The largest absolute Gasteiger partial charge is 0.444 e. The maximum absolute atomic E-state index is 5.59. The third-order valence-electron chi connectivity index (χ3n) is 3.59. The molecule has 19 heavy (non-hydrogen) atoms. The predicted molar refractivity (Wildman–Crippen MR) is 75.9 cm³/mol. The van der Waals surface area contributed by atoms with Crippen molar-refractivity contribution in [2.75, 3.05) is 0 Å². The number of oxazole rings is 1. The Morgan fingerprint density at radius 3 is 2.95 bits per heavy atom. The molecular formula is C16H20N2O. The Hall–Kier alpha value is -1.61. The van der Waals surface area contributed by atoms with Crippen LogP contribution in [0.4, 0.5) is 0 Å². The molecule has 2 aromatic rings. The first kappa shape index (κ1) is 12.4. The molecule has 100 valence electrons. The molecule has 0 bridgehead atoms. The van der Waals surface area contributed by atoms with Gasteiger partial charge in [0.05, 0.1) is 5.69 Å². The Labute approximate surface area is 114 Å². The monoisotopic (exact) mass is 256 g/mol. The molecule has 0 radical (unpaired) electrons. The summed E-state index contributed by atoms with van der Waals surface area (Å²) in [7, 11) is 0. The van der Waals surface area contributed by atoms with Gasteiger partial charge in [0.15, 0.2) is 0 Å². The lowest BCUT2D eigenvalue weighted by Crippen LogP contribution is -2.21. The molecule has 0 atom stereocenters. The second kappa shape index (κ2) is 5.17. The number of nitrogens with zero attached hydrogens (tertiary/aromatic N) is 1. The van der Waals surface area contributed by atoms with Gasteiger partial charge in [0.1, 0.15) is 6.26 Å². The van der Waals surface area contributed by atoms with E-state index in [4.69, 9.17) is 4.42 Å². The molecule has 0 aliphatic heterocycles. The summed E-state index contributed by atoms with van der Waals surface area (Å²) in [6.45, 7) is 5.01. The van der Waals surface area contributed by atoms with Crippen molar-refractivity contribution >= 4 is 0 Å². The number of benzene rings is 1. The molecule has 3 rings (SSSR count).